The summed E-state index contributed by atoms with van der Waals surface area (Å²) in [6, 6.07) is 15.5. The number of hydrogen-bond donors (Lipinski definition) is 1. The van der Waals surface area contributed by atoms with Crippen molar-refractivity contribution in [1.82, 2.24) is 14.5 Å². The van der Waals surface area contributed by atoms with Crippen molar-refractivity contribution in [3.63, 3.8) is 0 Å². The van der Waals surface area contributed by atoms with Gasteiger partial charge in [-0.2, -0.15) is 0 Å². The van der Waals surface area contributed by atoms with Crippen LogP contribution in [0.4, 0.5) is 5.69 Å². The number of rotatable bonds is 4. The van der Waals surface area contributed by atoms with Gasteiger partial charge >= 0.3 is 5.97 Å². The summed E-state index contributed by atoms with van der Waals surface area (Å²) in [5.41, 5.74) is 3.33. The normalized spacial score (nSPS) is 27.1. The van der Waals surface area contributed by atoms with Gasteiger partial charge in [-0.1, -0.05) is 29.3 Å². The van der Waals surface area contributed by atoms with E-state index in [0.29, 0.717) is 27.3 Å². The number of aromatic nitrogens is 2. The molecule has 8 rings (SSSR count). The second-order valence-corrected chi connectivity index (χ2v) is 13.6. The van der Waals surface area contributed by atoms with Crippen molar-refractivity contribution < 1.29 is 14.3 Å². The zero-order valence-electron chi connectivity index (χ0n) is 21.7. The number of anilines is 1. The van der Waals surface area contributed by atoms with Gasteiger partial charge in [-0.25, -0.2) is 9.78 Å². The monoisotopic (exact) mass is 592 g/mol. The Balaban J connectivity index is 1.33. The molecule has 2 fully saturated rings. The molecular weight excluding hydrogens is 567 g/mol. The number of carbonyl (C=O) groups is 2. The van der Waals surface area contributed by atoms with Gasteiger partial charge in [0.15, 0.2) is 0 Å². The smallest absolute Gasteiger partial charge is 0.337 e. The lowest BCUT2D eigenvalue weighted by Gasteiger charge is -2.45. The van der Waals surface area contributed by atoms with Crippen LogP contribution >= 0.6 is 34.5 Å². The van der Waals surface area contributed by atoms with Gasteiger partial charge in [-0.15, -0.1) is 11.3 Å². The van der Waals surface area contributed by atoms with E-state index < -0.39 is 5.54 Å². The molecule has 0 unspecified atom stereocenters. The van der Waals surface area contributed by atoms with Crippen molar-refractivity contribution in [2.75, 3.05) is 19.0 Å². The summed E-state index contributed by atoms with van der Waals surface area (Å²) in [5.74, 6) is 1.03. The van der Waals surface area contributed by atoms with Gasteiger partial charge in [0.25, 0.3) is 0 Å². The highest BCUT2D eigenvalue weighted by molar-refractivity contribution is 7.16. The molecule has 10 heteroatoms. The molecule has 1 saturated carbocycles. The number of nitrogens with zero attached hydrogens (tertiary/aromatic N) is 3. The summed E-state index contributed by atoms with van der Waals surface area (Å²) < 4.78 is 7.94. The van der Waals surface area contributed by atoms with E-state index in [1.165, 1.54) is 20.0 Å². The fraction of sp³-hybridized carbons (Fsp3) is 0.367. The summed E-state index contributed by atoms with van der Waals surface area (Å²) >= 11 is 14.4. The molecule has 7 nitrogen and oxygen atoms in total. The molecule has 0 radical (unpaired) electrons. The Morgan fingerprint density at radius 1 is 1.18 bits per heavy atom. The molecule has 2 aromatic heterocycles. The van der Waals surface area contributed by atoms with Crippen molar-refractivity contribution in [2.24, 2.45) is 5.92 Å². The van der Waals surface area contributed by atoms with Crippen LogP contribution in [0.5, 0.6) is 0 Å². The predicted molar refractivity (Wildman–Crippen MR) is 156 cm³/mol. The standard InChI is InChI=1S/C30H26Cl2N4O3S/c1-39-28(37)16-5-7-21-20(10-16)33-27-25-22(14-35(21)27)36(13-15-2-3-15)30(26(25)23-8-9-24(32)40-23)12-17-4-6-18(31)11-19(17)34-29(30)38/h4-11,15,22,25-26H,2-3,12-14H2,1H3,(H,34,38)/t22-,25+,26-,30+/m0/s1. The number of hydrogen-bond acceptors (Lipinski definition) is 6. The first-order valence-electron chi connectivity index (χ1n) is 13.6. The molecule has 1 amide bonds. The average molecular weight is 594 g/mol. The number of esters is 1. The molecule has 0 bridgehead atoms. The molecule has 2 aromatic carbocycles. The van der Waals surface area contributed by atoms with E-state index in [-0.39, 0.29) is 29.8 Å². The Labute approximate surface area is 245 Å². The maximum atomic E-state index is 14.5. The van der Waals surface area contributed by atoms with E-state index in [1.807, 2.05) is 30.3 Å². The van der Waals surface area contributed by atoms with Crippen LogP contribution in [0.25, 0.3) is 11.0 Å². The van der Waals surface area contributed by atoms with Gasteiger partial charge in [0, 0.05) is 53.0 Å². The molecule has 4 aliphatic rings. The third kappa shape index (κ3) is 3.49. The average Bonchev–Trinajstić information content (AvgIpc) is 3.27. The number of likely N-dealkylation sites (tertiary alicyclic amines) is 1. The molecule has 5 heterocycles. The first-order valence-corrected chi connectivity index (χ1v) is 15.1. The Kier molecular flexibility index (Phi) is 5.46. The van der Waals surface area contributed by atoms with E-state index in [1.54, 1.807) is 23.5 Å². The van der Waals surface area contributed by atoms with Crippen LogP contribution in [0.3, 0.4) is 0 Å². The minimum atomic E-state index is -0.784. The van der Waals surface area contributed by atoms with Crippen LogP contribution in [0, 0.1) is 5.92 Å². The highest BCUT2D eigenvalue weighted by Gasteiger charge is 2.67. The number of ether oxygens (including phenoxy) is 1. The predicted octanol–water partition coefficient (Wildman–Crippen LogP) is 6.10. The Bertz CT molecular complexity index is 1730. The second kappa shape index (κ2) is 8.79. The summed E-state index contributed by atoms with van der Waals surface area (Å²) in [5, 5.41) is 3.86. The van der Waals surface area contributed by atoms with Crippen LogP contribution in [0.1, 0.15) is 51.3 Å². The topological polar surface area (TPSA) is 76.5 Å². The summed E-state index contributed by atoms with van der Waals surface area (Å²) in [6.45, 7) is 1.61. The number of benzene rings is 2. The fourth-order valence-corrected chi connectivity index (χ4v) is 8.90. The number of nitrogens with one attached hydrogen (secondary N) is 1. The molecule has 40 heavy (non-hydrogen) atoms. The van der Waals surface area contributed by atoms with Crippen molar-refractivity contribution >= 4 is 63.1 Å². The summed E-state index contributed by atoms with van der Waals surface area (Å²) in [7, 11) is 1.38. The van der Waals surface area contributed by atoms with Gasteiger partial charge in [0.2, 0.25) is 5.91 Å². The van der Waals surface area contributed by atoms with Crippen molar-refractivity contribution in [2.45, 2.75) is 49.2 Å². The van der Waals surface area contributed by atoms with Gasteiger partial charge < -0.3 is 14.6 Å². The van der Waals surface area contributed by atoms with Gasteiger partial charge in [-0.3, -0.25) is 9.69 Å². The lowest BCUT2D eigenvalue weighted by Crippen LogP contribution is -2.61. The number of imidazole rings is 1. The van der Waals surface area contributed by atoms with Crippen molar-refractivity contribution in [3.8, 4) is 0 Å². The molecule has 1 N–H and O–H groups in total. The summed E-state index contributed by atoms with van der Waals surface area (Å²) in [4.78, 5) is 35.5. The minimum Gasteiger partial charge on any atom is -0.465 e. The third-order valence-corrected chi connectivity index (χ3v) is 10.8. The molecule has 1 saturated heterocycles. The lowest BCUT2D eigenvalue weighted by molar-refractivity contribution is -0.129. The number of halogens is 2. The van der Waals surface area contributed by atoms with E-state index in [0.717, 1.165) is 46.1 Å². The Morgan fingerprint density at radius 2 is 2.02 bits per heavy atom. The van der Waals surface area contributed by atoms with Crippen molar-refractivity contribution in [1.29, 1.82) is 0 Å². The molecule has 1 aliphatic carbocycles. The molecule has 4 aromatic rings. The zero-order valence-corrected chi connectivity index (χ0v) is 24.0. The molecular formula is C30H26Cl2N4O3S. The number of fused-ring (bicyclic) bond motifs is 6. The van der Waals surface area contributed by atoms with E-state index in [2.05, 4.69) is 20.9 Å². The minimum absolute atomic E-state index is 0.0120. The Morgan fingerprint density at radius 3 is 2.77 bits per heavy atom. The zero-order chi connectivity index (χ0) is 27.3. The fourth-order valence-electron chi connectivity index (χ4n) is 7.44. The maximum absolute atomic E-state index is 14.5. The number of thiophene rings is 1. The highest BCUT2D eigenvalue weighted by atomic mass is 35.5. The van der Waals surface area contributed by atoms with E-state index >= 15 is 0 Å². The SMILES string of the molecule is COC(=O)c1ccc2c(c1)nc1n2C[C@H]2[C@@H]1[C@H](c1ccc(Cl)s1)[C@@]1(Cc3ccc(Cl)cc3NC1=O)N2CC1CC1. The lowest BCUT2D eigenvalue weighted by atomic mass is 9.72. The van der Waals surface area contributed by atoms with Gasteiger partial charge in [0.1, 0.15) is 11.4 Å². The van der Waals surface area contributed by atoms with Gasteiger partial charge in [-0.05, 0) is 66.8 Å². The Hall–Kier alpha value is -2.91. The van der Waals surface area contributed by atoms with Crippen molar-refractivity contribution in [3.05, 3.63) is 79.7 Å². The van der Waals surface area contributed by atoms with Crippen LogP contribution in [-0.2, 0) is 22.5 Å². The number of carbonyl (C=O) groups excluding carboxylic acids is 2. The van der Waals surface area contributed by atoms with E-state index in [9.17, 15) is 9.59 Å². The summed E-state index contributed by atoms with van der Waals surface area (Å²) in [6.07, 6.45) is 2.98. The first-order chi connectivity index (χ1) is 19.4. The molecule has 3 aliphatic heterocycles. The number of amides is 1. The van der Waals surface area contributed by atoms with Crippen LogP contribution in [0.15, 0.2) is 48.5 Å². The quantitative estimate of drug-likeness (QED) is 0.290. The highest BCUT2D eigenvalue weighted by Crippen LogP contribution is 2.61. The maximum Gasteiger partial charge on any atom is 0.337 e. The van der Waals surface area contributed by atoms with Gasteiger partial charge in [0.05, 0.1) is 28.0 Å². The van der Waals surface area contributed by atoms with Crippen LogP contribution in [0.2, 0.25) is 9.36 Å². The largest absolute Gasteiger partial charge is 0.465 e. The molecule has 1 spiro atoms. The molecule has 204 valence electrons. The van der Waals surface area contributed by atoms with E-state index in [4.69, 9.17) is 32.9 Å². The van der Waals surface area contributed by atoms with Crippen LogP contribution in [-0.4, -0.2) is 51.6 Å². The first kappa shape index (κ1) is 24.9. The van der Waals surface area contributed by atoms with Crippen LogP contribution < -0.4 is 5.32 Å². The third-order valence-electron chi connectivity index (χ3n) is 9.29. The second-order valence-electron chi connectivity index (χ2n) is 11.4. The molecule has 4 atom stereocenters. The number of methoxy groups -OCH3 is 1.